The van der Waals surface area contributed by atoms with Gasteiger partial charge >= 0.3 is 0 Å². The van der Waals surface area contributed by atoms with E-state index >= 15 is 0 Å². The summed E-state index contributed by atoms with van der Waals surface area (Å²) in [7, 11) is 0.0469. The summed E-state index contributed by atoms with van der Waals surface area (Å²) in [5.41, 5.74) is 0.945. The first-order chi connectivity index (χ1) is 5.86. The number of nitrogens with one attached hydrogen (secondary N) is 1. The third kappa shape index (κ3) is 2.38. The molecule has 0 aromatic heterocycles. The molecule has 0 amide bonds. The molecule has 0 aliphatic rings. The molecule has 0 spiro atoms. The zero-order chi connectivity index (χ0) is 8.81. The summed E-state index contributed by atoms with van der Waals surface area (Å²) in [5.74, 6) is 2.47. The van der Waals surface area contributed by atoms with Gasteiger partial charge in [-0.2, -0.15) is 0 Å². The molecule has 0 saturated carbocycles. The lowest BCUT2D eigenvalue weighted by atomic mass is 10.3. The molecule has 0 atom stereocenters. The van der Waals surface area contributed by atoms with E-state index in [4.69, 9.17) is 6.42 Å². The molecule has 0 aliphatic heterocycles. The van der Waals surface area contributed by atoms with Crippen molar-refractivity contribution < 1.29 is 4.57 Å². The van der Waals surface area contributed by atoms with Crippen LogP contribution in [-0.4, -0.2) is 6.54 Å². The number of hydrogen-bond donors (Lipinski definition) is 1. The number of anilines is 1. The van der Waals surface area contributed by atoms with Crippen molar-refractivity contribution in [2.45, 2.75) is 0 Å². The van der Waals surface area contributed by atoms with Crippen LogP contribution in [0.15, 0.2) is 24.3 Å². The van der Waals surface area contributed by atoms with Crippen LogP contribution >= 0.6 is 8.46 Å². The standard InChI is InChI=1S/C9H8NOP/c1-2-7-10-8-3-5-9(12-11)6-4-8/h1,3-6,10H,7H2. The fourth-order valence-electron chi connectivity index (χ4n) is 0.793. The molecular weight excluding hydrogens is 169 g/mol. The maximum Gasteiger partial charge on any atom is 0.192 e. The van der Waals surface area contributed by atoms with Gasteiger partial charge < -0.3 is 5.32 Å². The summed E-state index contributed by atoms with van der Waals surface area (Å²) in [6.07, 6.45) is 5.07. The van der Waals surface area contributed by atoms with Gasteiger partial charge in [0.2, 0.25) is 0 Å². The molecule has 3 heteroatoms. The van der Waals surface area contributed by atoms with E-state index in [1.165, 1.54) is 0 Å². The van der Waals surface area contributed by atoms with Gasteiger partial charge in [-0.3, -0.25) is 4.57 Å². The predicted molar refractivity (Wildman–Crippen MR) is 51.0 cm³/mol. The Bertz CT molecular complexity index is 299. The molecule has 1 aromatic rings. The zero-order valence-corrected chi connectivity index (χ0v) is 7.34. The van der Waals surface area contributed by atoms with Gasteiger partial charge in [0.25, 0.3) is 0 Å². The smallest absolute Gasteiger partial charge is 0.192 e. The molecule has 0 saturated heterocycles. The summed E-state index contributed by atoms with van der Waals surface area (Å²) in [6, 6.07) is 7.26. The van der Waals surface area contributed by atoms with Crippen LogP contribution in [-0.2, 0) is 4.57 Å². The maximum absolute atomic E-state index is 10.4. The van der Waals surface area contributed by atoms with Gasteiger partial charge in [-0.05, 0) is 24.3 Å². The predicted octanol–water partition coefficient (Wildman–Crippen LogP) is 1.65. The van der Waals surface area contributed by atoms with Crippen molar-refractivity contribution >= 4 is 19.5 Å². The summed E-state index contributed by atoms with van der Waals surface area (Å²) in [5, 5.41) is 3.77. The Morgan fingerprint density at radius 3 is 2.58 bits per heavy atom. The van der Waals surface area contributed by atoms with Crippen molar-refractivity contribution in [2.24, 2.45) is 0 Å². The van der Waals surface area contributed by atoms with Crippen molar-refractivity contribution in [3.05, 3.63) is 24.3 Å². The highest BCUT2D eigenvalue weighted by molar-refractivity contribution is 7.34. The van der Waals surface area contributed by atoms with Gasteiger partial charge in [0.1, 0.15) is 0 Å². The molecule has 1 N–H and O–H groups in total. The van der Waals surface area contributed by atoms with Gasteiger partial charge in [0.05, 0.1) is 6.54 Å². The topological polar surface area (TPSA) is 29.1 Å². The van der Waals surface area contributed by atoms with Crippen LogP contribution in [0.1, 0.15) is 0 Å². The highest BCUT2D eigenvalue weighted by Gasteiger charge is 1.91. The van der Waals surface area contributed by atoms with Gasteiger partial charge in [0.15, 0.2) is 8.46 Å². The number of benzene rings is 1. The summed E-state index contributed by atoms with van der Waals surface area (Å²) in [4.78, 5) is 0. The van der Waals surface area contributed by atoms with E-state index < -0.39 is 0 Å². The first kappa shape index (κ1) is 8.77. The summed E-state index contributed by atoms with van der Waals surface area (Å²) in [6.45, 7) is 0.508. The second-order valence-corrected chi connectivity index (χ2v) is 2.89. The van der Waals surface area contributed by atoms with Crippen LogP contribution in [0.5, 0.6) is 0 Å². The van der Waals surface area contributed by atoms with E-state index in [1.54, 1.807) is 12.1 Å². The Morgan fingerprint density at radius 1 is 1.42 bits per heavy atom. The average Bonchev–Trinajstić information content (AvgIpc) is 2.15. The number of rotatable bonds is 3. The lowest BCUT2D eigenvalue weighted by molar-refractivity contribution is 0.603. The summed E-state index contributed by atoms with van der Waals surface area (Å²) < 4.78 is 10.4. The third-order valence-corrected chi connectivity index (χ3v) is 1.88. The molecule has 0 heterocycles. The molecule has 0 bridgehead atoms. The quantitative estimate of drug-likeness (QED) is 0.561. The van der Waals surface area contributed by atoms with Crippen LogP contribution < -0.4 is 10.6 Å². The Hall–Kier alpha value is -1.32. The second-order valence-electron chi connectivity index (χ2n) is 2.20. The van der Waals surface area contributed by atoms with Crippen molar-refractivity contribution in [3.63, 3.8) is 0 Å². The van der Waals surface area contributed by atoms with Gasteiger partial charge in [-0.15, -0.1) is 6.42 Å². The first-order valence-corrected chi connectivity index (χ1v) is 4.29. The van der Waals surface area contributed by atoms with E-state index in [9.17, 15) is 4.57 Å². The molecule has 1 rings (SSSR count). The van der Waals surface area contributed by atoms with E-state index in [0.29, 0.717) is 6.54 Å². The lowest BCUT2D eigenvalue weighted by Crippen LogP contribution is -1.99. The van der Waals surface area contributed by atoms with E-state index in [2.05, 4.69) is 11.2 Å². The van der Waals surface area contributed by atoms with E-state index in [-0.39, 0.29) is 8.46 Å². The second kappa shape index (κ2) is 4.54. The highest BCUT2D eigenvalue weighted by atomic mass is 31.1. The van der Waals surface area contributed by atoms with Crippen LogP contribution in [0.25, 0.3) is 0 Å². The average molecular weight is 177 g/mol. The minimum absolute atomic E-state index is 0.0469. The number of terminal acetylenes is 1. The highest BCUT2D eigenvalue weighted by Crippen LogP contribution is 2.05. The molecule has 2 nitrogen and oxygen atoms in total. The third-order valence-electron chi connectivity index (χ3n) is 1.37. The largest absolute Gasteiger partial charge is 0.374 e. The van der Waals surface area contributed by atoms with E-state index in [0.717, 1.165) is 11.0 Å². The van der Waals surface area contributed by atoms with Crippen LogP contribution in [0, 0.1) is 12.3 Å². The van der Waals surface area contributed by atoms with Gasteiger partial charge in [-0.25, -0.2) is 0 Å². The summed E-state index contributed by atoms with van der Waals surface area (Å²) >= 11 is 0. The Kier molecular flexibility index (Phi) is 3.32. The maximum atomic E-state index is 10.4. The molecular formula is C9H8NOP. The van der Waals surface area contributed by atoms with Crippen molar-refractivity contribution in [1.29, 1.82) is 0 Å². The Morgan fingerprint density at radius 2 is 2.08 bits per heavy atom. The van der Waals surface area contributed by atoms with Crippen LogP contribution in [0.2, 0.25) is 0 Å². The minimum Gasteiger partial charge on any atom is -0.374 e. The minimum atomic E-state index is 0.0469. The van der Waals surface area contributed by atoms with Crippen LogP contribution in [0.4, 0.5) is 5.69 Å². The molecule has 60 valence electrons. The Labute approximate surface area is 73.2 Å². The monoisotopic (exact) mass is 177 g/mol. The normalized spacial score (nSPS) is 9.25. The fourth-order valence-corrected chi connectivity index (χ4v) is 1.06. The van der Waals surface area contributed by atoms with Crippen LogP contribution in [0.3, 0.4) is 0 Å². The molecule has 0 aliphatic carbocycles. The van der Waals surface area contributed by atoms with Gasteiger partial charge in [0, 0.05) is 11.0 Å². The fraction of sp³-hybridized carbons (Fsp3) is 0.111. The lowest BCUT2D eigenvalue weighted by Gasteiger charge is -2.00. The molecule has 0 unspecified atom stereocenters. The zero-order valence-electron chi connectivity index (χ0n) is 6.45. The van der Waals surface area contributed by atoms with E-state index in [1.807, 2.05) is 12.1 Å². The SMILES string of the molecule is C#CCNc1ccc(P=O)cc1. The van der Waals surface area contributed by atoms with Gasteiger partial charge in [-0.1, -0.05) is 5.92 Å². The molecule has 0 fully saturated rings. The van der Waals surface area contributed by atoms with Crippen molar-refractivity contribution in [2.75, 3.05) is 11.9 Å². The van der Waals surface area contributed by atoms with Crippen molar-refractivity contribution in [3.8, 4) is 12.3 Å². The molecule has 0 radical (unpaired) electrons. The Balaban J connectivity index is 2.66. The number of hydrogen-bond acceptors (Lipinski definition) is 2. The molecule has 12 heavy (non-hydrogen) atoms. The van der Waals surface area contributed by atoms with Crippen molar-refractivity contribution in [1.82, 2.24) is 0 Å². The molecule has 1 aromatic carbocycles. The first-order valence-electron chi connectivity index (χ1n) is 3.47.